The van der Waals surface area contributed by atoms with Crippen LogP contribution in [0.3, 0.4) is 0 Å². The zero-order chi connectivity index (χ0) is 32.2. The van der Waals surface area contributed by atoms with Gasteiger partial charge in [-0.3, -0.25) is 39.6 Å². The van der Waals surface area contributed by atoms with Crippen LogP contribution in [0.25, 0.3) is 11.4 Å². The molecule has 6 rings (SSSR count). The molecule has 0 fully saturated rings. The van der Waals surface area contributed by atoms with Crippen LogP contribution in [0, 0.1) is 27.2 Å². The van der Waals surface area contributed by atoms with E-state index in [1.807, 2.05) is 0 Å². The van der Waals surface area contributed by atoms with Crippen molar-refractivity contribution in [3.8, 4) is 0 Å². The van der Waals surface area contributed by atoms with Crippen LogP contribution >= 0.6 is 0 Å². The van der Waals surface area contributed by atoms with Gasteiger partial charge in [0.05, 0.1) is 38.0 Å². The number of benzene rings is 4. The van der Waals surface area contributed by atoms with Gasteiger partial charge in [-0.1, -0.05) is 66.7 Å². The summed E-state index contributed by atoms with van der Waals surface area (Å²) < 4.78 is 40.6. The fourth-order valence-electron chi connectivity index (χ4n) is 5.51. The highest BCUT2D eigenvalue weighted by molar-refractivity contribution is 6.41. The monoisotopic (exact) mass is 612 g/mol. The minimum absolute atomic E-state index is 0.0157. The molecule has 0 saturated carbocycles. The third kappa shape index (κ3) is 4.70. The molecule has 0 atom stereocenters. The number of anilines is 2. The first-order valence-electron chi connectivity index (χ1n) is 13.3. The number of carbonyl (C=O) groups excluding carboxylic acids is 2. The van der Waals surface area contributed by atoms with E-state index in [4.69, 9.17) is 0 Å². The predicted octanol–water partition coefficient (Wildman–Crippen LogP) is 7.05. The quantitative estimate of drug-likeness (QED) is 0.170. The molecular formula is C32H19F3N4O6. The Morgan fingerprint density at radius 3 is 1.47 bits per heavy atom. The van der Waals surface area contributed by atoms with Crippen molar-refractivity contribution in [2.75, 3.05) is 9.80 Å². The molecule has 0 unspecified atom stereocenters. The number of aryl methyl sites for hydroxylation is 1. The van der Waals surface area contributed by atoms with Crippen molar-refractivity contribution < 1.29 is 32.6 Å². The van der Waals surface area contributed by atoms with Gasteiger partial charge in [0.15, 0.2) is 0 Å². The highest BCUT2D eigenvalue weighted by atomic mass is 19.4. The van der Waals surface area contributed by atoms with E-state index < -0.39 is 50.5 Å². The number of amides is 2. The summed E-state index contributed by atoms with van der Waals surface area (Å²) in [5.41, 5.74) is -2.73. The Kier molecular flexibility index (Phi) is 6.80. The van der Waals surface area contributed by atoms with Gasteiger partial charge in [-0.05, 0) is 41.8 Å². The first kappa shape index (κ1) is 29.0. The average Bonchev–Trinajstić information content (AvgIpc) is 3.48. The van der Waals surface area contributed by atoms with Gasteiger partial charge in [0.25, 0.3) is 23.2 Å². The molecule has 2 aliphatic heterocycles. The van der Waals surface area contributed by atoms with E-state index in [1.165, 1.54) is 24.3 Å². The van der Waals surface area contributed by atoms with Crippen LogP contribution in [0.2, 0.25) is 0 Å². The molecule has 10 nitrogen and oxygen atoms in total. The van der Waals surface area contributed by atoms with Crippen molar-refractivity contribution in [1.29, 1.82) is 0 Å². The van der Waals surface area contributed by atoms with Crippen LogP contribution in [0.15, 0.2) is 108 Å². The van der Waals surface area contributed by atoms with Crippen LogP contribution in [0.4, 0.5) is 35.9 Å². The lowest BCUT2D eigenvalue weighted by atomic mass is 10.0. The maximum Gasteiger partial charge on any atom is 0.416 e. The molecule has 4 aromatic rings. The molecule has 13 heteroatoms. The molecule has 45 heavy (non-hydrogen) atoms. The van der Waals surface area contributed by atoms with Crippen LogP contribution in [-0.4, -0.2) is 21.7 Å². The summed E-state index contributed by atoms with van der Waals surface area (Å²) in [4.78, 5) is 53.4. The SMILES string of the molecule is Cc1ccc(N2C(=O)C3=C(c4ccccc4)N(c4ccc(C(F)(F)F)cc4[N+](=O)[O-])C(=O)C3=C2c2ccccc2)c([N+](=O)[O-])c1. The van der Waals surface area contributed by atoms with E-state index in [9.17, 15) is 43.0 Å². The Balaban J connectivity index is 1.70. The van der Waals surface area contributed by atoms with Gasteiger partial charge in [-0.25, -0.2) is 0 Å². The summed E-state index contributed by atoms with van der Waals surface area (Å²) >= 11 is 0. The topological polar surface area (TPSA) is 127 Å². The van der Waals surface area contributed by atoms with E-state index >= 15 is 0 Å². The van der Waals surface area contributed by atoms with Gasteiger partial charge in [-0.15, -0.1) is 0 Å². The largest absolute Gasteiger partial charge is 0.416 e. The van der Waals surface area contributed by atoms with Crippen molar-refractivity contribution in [3.63, 3.8) is 0 Å². The van der Waals surface area contributed by atoms with Gasteiger partial charge in [-0.2, -0.15) is 13.2 Å². The Hall–Kier alpha value is -6.11. The normalized spacial score (nSPS) is 14.8. The summed E-state index contributed by atoms with van der Waals surface area (Å²) in [5.74, 6) is -1.77. The van der Waals surface area contributed by atoms with Gasteiger partial charge < -0.3 is 0 Å². The molecule has 0 bridgehead atoms. The summed E-state index contributed by atoms with van der Waals surface area (Å²) in [5, 5.41) is 24.2. The Morgan fingerprint density at radius 1 is 0.622 bits per heavy atom. The number of fused-ring (bicyclic) bond motifs is 1. The molecule has 4 aromatic carbocycles. The van der Waals surface area contributed by atoms with Crippen molar-refractivity contribution in [2.45, 2.75) is 13.1 Å². The molecule has 2 aliphatic rings. The van der Waals surface area contributed by atoms with Gasteiger partial charge in [0.2, 0.25) is 0 Å². The Morgan fingerprint density at radius 2 is 1.04 bits per heavy atom. The predicted molar refractivity (Wildman–Crippen MR) is 158 cm³/mol. The molecule has 0 spiro atoms. The zero-order valence-electron chi connectivity index (χ0n) is 23.1. The lowest BCUT2D eigenvalue weighted by Gasteiger charge is -2.25. The van der Waals surface area contributed by atoms with Crippen LogP contribution in [-0.2, 0) is 15.8 Å². The lowest BCUT2D eigenvalue weighted by molar-refractivity contribution is -0.384. The minimum atomic E-state index is -4.90. The van der Waals surface area contributed by atoms with Crippen LogP contribution in [0.5, 0.6) is 0 Å². The standard InChI is InChI=1S/C32H19F3N4O6/c1-18-12-14-22(24(16-18)38(42)43)36-28(19-8-4-2-5-9-19)26-27(30(36)40)29(20-10-6-3-7-11-20)37(31(26)41)23-15-13-21(32(33,34)35)17-25(23)39(44)45/h2-17H,1H3. The number of hydrogen-bond acceptors (Lipinski definition) is 6. The molecule has 0 aliphatic carbocycles. The molecule has 2 amide bonds. The molecule has 0 saturated heterocycles. The number of alkyl halides is 3. The molecular weight excluding hydrogens is 593 g/mol. The summed E-state index contributed by atoms with van der Waals surface area (Å²) in [6, 6.07) is 22.1. The number of halogens is 3. The van der Waals surface area contributed by atoms with E-state index in [-0.39, 0.29) is 33.8 Å². The smallest absolute Gasteiger partial charge is 0.269 e. The second-order valence-electron chi connectivity index (χ2n) is 10.2. The van der Waals surface area contributed by atoms with Crippen molar-refractivity contribution in [1.82, 2.24) is 0 Å². The average molecular weight is 613 g/mol. The van der Waals surface area contributed by atoms with Crippen molar-refractivity contribution >= 4 is 46.0 Å². The molecule has 2 heterocycles. The summed E-state index contributed by atoms with van der Waals surface area (Å²) in [6.45, 7) is 1.64. The molecule has 0 aromatic heterocycles. The van der Waals surface area contributed by atoms with Crippen LogP contribution in [0.1, 0.15) is 22.3 Å². The number of nitro groups is 2. The number of nitrogens with zero attached hydrogens (tertiary/aromatic N) is 4. The number of hydrogen-bond donors (Lipinski definition) is 0. The minimum Gasteiger partial charge on any atom is -0.269 e. The third-order valence-corrected chi connectivity index (χ3v) is 7.41. The lowest BCUT2D eigenvalue weighted by Crippen LogP contribution is -2.30. The number of rotatable bonds is 6. The Labute approximate surface area is 252 Å². The van der Waals surface area contributed by atoms with E-state index in [1.54, 1.807) is 61.5 Å². The second kappa shape index (κ2) is 10.6. The van der Waals surface area contributed by atoms with Crippen LogP contribution < -0.4 is 9.80 Å². The fourth-order valence-corrected chi connectivity index (χ4v) is 5.51. The molecule has 0 N–H and O–H groups in total. The Bertz CT molecular complexity index is 2010. The number of carbonyl (C=O) groups is 2. The van der Waals surface area contributed by atoms with Crippen molar-refractivity contribution in [2.24, 2.45) is 0 Å². The highest BCUT2D eigenvalue weighted by Crippen LogP contribution is 2.52. The molecule has 0 radical (unpaired) electrons. The zero-order valence-corrected chi connectivity index (χ0v) is 23.1. The number of nitro benzene ring substituents is 2. The second-order valence-corrected chi connectivity index (χ2v) is 10.2. The van der Waals surface area contributed by atoms with Gasteiger partial charge >= 0.3 is 6.18 Å². The third-order valence-electron chi connectivity index (χ3n) is 7.41. The van der Waals surface area contributed by atoms with E-state index in [0.717, 1.165) is 15.9 Å². The van der Waals surface area contributed by atoms with E-state index in [0.29, 0.717) is 23.3 Å². The van der Waals surface area contributed by atoms with Crippen molar-refractivity contribution in [3.05, 3.63) is 151 Å². The van der Waals surface area contributed by atoms with Gasteiger partial charge in [0.1, 0.15) is 11.4 Å². The summed E-state index contributed by atoms with van der Waals surface area (Å²) in [6.07, 6.45) is -4.90. The molecule has 224 valence electrons. The highest BCUT2D eigenvalue weighted by Gasteiger charge is 2.52. The first-order chi connectivity index (χ1) is 21.4. The fraction of sp³-hybridized carbons (Fsp3) is 0.0625. The summed E-state index contributed by atoms with van der Waals surface area (Å²) in [7, 11) is 0. The van der Waals surface area contributed by atoms with Gasteiger partial charge in [0, 0.05) is 12.1 Å². The maximum atomic E-state index is 14.5. The maximum absolute atomic E-state index is 14.5. The first-order valence-corrected chi connectivity index (χ1v) is 13.3. The van der Waals surface area contributed by atoms with E-state index in [2.05, 4.69) is 0 Å².